The molecule has 4 heteroatoms. The van der Waals surface area contributed by atoms with Gasteiger partial charge in [-0.05, 0) is 48.1 Å². The molecule has 1 amide bonds. The number of carbonyl (C=O) groups excluding carboxylic acids is 1. The van der Waals surface area contributed by atoms with E-state index in [9.17, 15) is 4.79 Å². The smallest absolute Gasteiger partial charge is 0.230 e. The van der Waals surface area contributed by atoms with Crippen molar-refractivity contribution >= 4 is 29.3 Å². The van der Waals surface area contributed by atoms with E-state index in [2.05, 4.69) is 29.6 Å². The monoisotopic (exact) mass is 345 g/mol. The van der Waals surface area contributed by atoms with Crippen LogP contribution in [0.5, 0.6) is 0 Å². The Labute approximate surface area is 146 Å². The van der Waals surface area contributed by atoms with E-state index in [4.69, 9.17) is 11.6 Å². The molecule has 0 fully saturated rings. The molecule has 2 aromatic rings. The number of carbonyl (C=O) groups is 1. The van der Waals surface area contributed by atoms with Crippen LogP contribution in [0.4, 0.5) is 0 Å². The van der Waals surface area contributed by atoms with E-state index in [1.54, 1.807) is 11.8 Å². The lowest BCUT2D eigenvalue weighted by Crippen LogP contribution is -2.32. The Kier molecular flexibility index (Phi) is 5.63. The molecule has 1 aliphatic carbocycles. The first-order valence-electron chi connectivity index (χ1n) is 7.92. The lowest BCUT2D eigenvalue weighted by molar-refractivity contribution is -0.119. The van der Waals surface area contributed by atoms with Gasteiger partial charge in [0.25, 0.3) is 0 Å². The lowest BCUT2D eigenvalue weighted by atomic mass is 9.88. The van der Waals surface area contributed by atoms with Crippen LogP contribution in [0.3, 0.4) is 0 Å². The van der Waals surface area contributed by atoms with Crippen LogP contribution >= 0.6 is 23.4 Å². The van der Waals surface area contributed by atoms with Crippen molar-refractivity contribution in [3.05, 3.63) is 70.2 Å². The molecule has 0 heterocycles. The third-order valence-electron chi connectivity index (χ3n) is 4.12. The van der Waals surface area contributed by atoms with E-state index in [1.165, 1.54) is 16.7 Å². The van der Waals surface area contributed by atoms with E-state index in [-0.39, 0.29) is 11.9 Å². The summed E-state index contributed by atoms with van der Waals surface area (Å²) in [6.45, 7) is 0. The first kappa shape index (κ1) is 16.4. The second-order valence-electron chi connectivity index (χ2n) is 5.83. The summed E-state index contributed by atoms with van der Waals surface area (Å²) < 4.78 is 0. The molecule has 1 aliphatic rings. The average Bonchev–Trinajstić information content (AvgIpc) is 2.57. The van der Waals surface area contributed by atoms with Gasteiger partial charge in [-0.2, -0.15) is 0 Å². The van der Waals surface area contributed by atoms with E-state index in [0.717, 1.165) is 30.0 Å². The Morgan fingerprint density at radius 3 is 2.78 bits per heavy atom. The van der Waals surface area contributed by atoms with E-state index < -0.39 is 0 Å². The van der Waals surface area contributed by atoms with Crippen molar-refractivity contribution in [2.24, 2.45) is 0 Å². The van der Waals surface area contributed by atoms with Crippen LogP contribution in [0.15, 0.2) is 48.5 Å². The molecule has 0 saturated heterocycles. The predicted molar refractivity (Wildman–Crippen MR) is 97.9 cm³/mol. The van der Waals surface area contributed by atoms with Gasteiger partial charge in [-0.15, -0.1) is 11.8 Å². The summed E-state index contributed by atoms with van der Waals surface area (Å²) in [5, 5.41) is 3.93. The van der Waals surface area contributed by atoms with Gasteiger partial charge >= 0.3 is 0 Å². The zero-order valence-electron chi connectivity index (χ0n) is 12.9. The quantitative estimate of drug-likeness (QED) is 0.845. The van der Waals surface area contributed by atoms with Gasteiger partial charge in [0.05, 0.1) is 11.8 Å². The average molecular weight is 346 g/mol. The van der Waals surface area contributed by atoms with Gasteiger partial charge in [0, 0.05) is 10.8 Å². The molecule has 0 aliphatic heterocycles. The van der Waals surface area contributed by atoms with E-state index in [1.807, 2.05) is 24.3 Å². The van der Waals surface area contributed by atoms with Gasteiger partial charge in [0.2, 0.25) is 5.91 Å². The van der Waals surface area contributed by atoms with Crippen LogP contribution in [0, 0.1) is 0 Å². The highest BCUT2D eigenvalue weighted by Crippen LogP contribution is 2.29. The molecule has 120 valence electrons. The summed E-state index contributed by atoms with van der Waals surface area (Å²) in [5.74, 6) is 1.43. The van der Waals surface area contributed by atoms with Gasteiger partial charge in [0.1, 0.15) is 0 Å². The van der Waals surface area contributed by atoms with Crippen molar-refractivity contribution in [3.8, 4) is 0 Å². The van der Waals surface area contributed by atoms with Gasteiger partial charge in [-0.25, -0.2) is 0 Å². The molecule has 2 nitrogen and oxygen atoms in total. The Balaban J connectivity index is 1.49. The number of hydrogen-bond donors (Lipinski definition) is 1. The zero-order chi connectivity index (χ0) is 16.1. The van der Waals surface area contributed by atoms with Crippen molar-refractivity contribution in [1.82, 2.24) is 5.32 Å². The van der Waals surface area contributed by atoms with Crippen molar-refractivity contribution in [2.45, 2.75) is 31.1 Å². The maximum Gasteiger partial charge on any atom is 0.230 e. The largest absolute Gasteiger partial charge is 0.349 e. The maximum absolute atomic E-state index is 12.2. The summed E-state index contributed by atoms with van der Waals surface area (Å²) >= 11 is 7.51. The van der Waals surface area contributed by atoms with E-state index >= 15 is 0 Å². The molecule has 0 aromatic heterocycles. The fourth-order valence-electron chi connectivity index (χ4n) is 2.98. The third-order valence-corrected chi connectivity index (χ3v) is 5.38. The second-order valence-corrected chi connectivity index (χ2v) is 7.25. The molecule has 1 atom stereocenters. The lowest BCUT2D eigenvalue weighted by Gasteiger charge is -2.26. The maximum atomic E-state index is 12.2. The Bertz CT molecular complexity index is 671. The summed E-state index contributed by atoms with van der Waals surface area (Å²) in [6.07, 6.45) is 3.29. The van der Waals surface area contributed by atoms with Crippen molar-refractivity contribution in [2.75, 3.05) is 5.75 Å². The first-order chi connectivity index (χ1) is 11.2. The van der Waals surface area contributed by atoms with Crippen molar-refractivity contribution < 1.29 is 4.79 Å². The normalized spacial score (nSPS) is 16.7. The fourth-order valence-corrected chi connectivity index (χ4v) is 3.91. The number of fused-ring (bicyclic) bond motifs is 1. The molecule has 3 rings (SSSR count). The molecule has 0 unspecified atom stereocenters. The molecule has 0 saturated carbocycles. The minimum Gasteiger partial charge on any atom is -0.349 e. The van der Waals surface area contributed by atoms with Crippen LogP contribution < -0.4 is 5.32 Å². The molecule has 2 aromatic carbocycles. The highest BCUT2D eigenvalue weighted by atomic mass is 35.5. The van der Waals surface area contributed by atoms with Gasteiger partial charge in [0.15, 0.2) is 0 Å². The number of thioether (sulfide) groups is 1. The molecular weight excluding hydrogens is 326 g/mol. The number of hydrogen-bond acceptors (Lipinski definition) is 2. The standard InChI is InChI=1S/C19H20ClNOS/c20-16-10-8-14(9-11-16)12-23-13-19(22)21-18-7-3-5-15-4-1-2-6-17(15)18/h1-2,4,6,8-11,18H,3,5,7,12-13H2,(H,21,22)/t18-/m1/s1. The number of nitrogens with one attached hydrogen (secondary N) is 1. The fraction of sp³-hybridized carbons (Fsp3) is 0.316. The number of halogens is 1. The van der Waals surface area contributed by atoms with Gasteiger partial charge in [-0.3, -0.25) is 4.79 Å². The first-order valence-corrected chi connectivity index (χ1v) is 9.45. The number of rotatable bonds is 5. The van der Waals surface area contributed by atoms with Crippen LogP contribution in [0.25, 0.3) is 0 Å². The highest BCUT2D eigenvalue weighted by Gasteiger charge is 2.21. The molecule has 23 heavy (non-hydrogen) atoms. The minimum absolute atomic E-state index is 0.116. The number of amides is 1. The Morgan fingerprint density at radius 1 is 1.17 bits per heavy atom. The number of aryl methyl sites for hydroxylation is 1. The second kappa shape index (κ2) is 7.89. The van der Waals surface area contributed by atoms with Crippen molar-refractivity contribution in [1.29, 1.82) is 0 Å². The molecule has 1 N–H and O–H groups in total. The molecule has 0 bridgehead atoms. The van der Waals surface area contributed by atoms with Crippen LogP contribution in [-0.2, 0) is 17.0 Å². The third kappa shape index (κ3) is 4.52. The van der Waals surface area contributed by atoms with Crippen molar-refractivity contribution in [3.63, 3.8) is 0 Å². The SMILES string of the molecule is O=C(CSCc1ccc(Cl)cc1)N[C@@H]1CCCc2ccccc21. The van der Waals surface area contributed by atoms with E-state index in [0.29, 0.717) is 5.75 Å². The highest BCUT2D eigenvalue weighted by molar-refractivity contribution is 7.99. The van der Waals surface area contributed by atoms with Crippen LogP contribution in [0.2, 0.25) is 5.02 Å². The van der Waals surface area contributed by atoms with Gasteiger partial charge in [-0.1, -0.05) is 48.0 Å². The molecular formula is C19H20ClNOS. The summed E-state index contributed by atoms with van der Waals surface area (Å²) in [7, 11) is 0. The Hall–Kier alpha value is -1.45. The number of benzene rings is 2. The molecule has 0 spiro atoms. The minimum atomic E-state index is 0.116. The van der Waals surface area contributed by atoms with Crippen LogP contribution in [-0.4, -0.2) is 11.7 Å². The topological polar surface area (TPSA) is 29.1 Å². The summed E-state index contributed by atoms with van der Waals surface area (Å²) in [5.41, 5.74) is 3.85. The summed E-state index contributed by atoms with van der Waals surface area (Å²) in [6, 6.07) is 16.4. The van der Waals surface area contributed by atoms with Gasteiger partial charge < -0.3 is 5.32 Å². The predicted octanol–water partition coefficient (Wildman–Crippen LogP) is 4.77. The Morgan fingerprint density at radius 2 is 1.96 bits per heavy atom. The summed E-state index contributed by atoms with van der Waals surface area (Å²) in [4.78, 5) is 12.2. The van der Waals surface area contributed by atoms with Crippen LogP contribution in [0.1, 0.15) is 35.6 Å². The zero-order valence-corrected chi connectivity index (χ0v) is 14.5. The molecule has 0 radical (unpaired) electrons.